The zero-order chi connectivity index (χ0) is 17.2. The fourth-order valence-corrected chi connectivity index (χ4v) is 2.75. The third kappa shape index (κ3) is 6.20. The van der Waals surface area contributed by atoms with Crippen molar-refractivity contribution in [1.29, 1.82) is 0 Å². The lowest BCUT2D eigenvalue weighted by atomic mass is 9.97. The third-order valence-corrected chi connectivity index (χ3v) is 4.15. The maximum atomic E-state index is 5.51. The Labute approximate surface area is 150 Å². The zero-order valence-corrected chi connectivity index (χ0v) is 15.2. The summed E-state index contributed by atoms with van der Waals surface area (Å²) in [7, 11) is 0. The number of thiocarbonyl (C=S) groups is 1. The van der Waals surface area contributed by atoms with Gasteiger partial charge in [0.1, 0.15) is 5.75 Å². The Balaban J connectivity index is 1.82. The minimum absolute atomic E-state index is 0.557. The monoisotopic (exact) mass is 342 g/mol. The van der Waals surface area contributed by atoms with E-state index < -0.39 is 0 Å². The first-order chi connectivity index (χ1) is 11.7. The lowest BCUT2D eigenvalue weighted by molar-refractivity contribution is 0.340. The van der Waals surface area contributed by atoms with Crippen molar-refractivity contribution < 1.29 is 4.74 Å². The van der Waals surface area contributed by atoms with Gasteiger partial charge in [-0.25, -0.2) is 0 Å². The van der Waals surface area contributed by atoms with Crippen LogP contribution in [0.5, 0.6) is 5.75 Å². The molecule has 4 heteroatoms. The highest BCUT2D eigenvalue weighted by molar-refractivity contribution is 7.80. The van der Waals surface area contributed by atoms with Gasteiger partial charge in [0.15, 0.2) is 5.11 Å². The molecule has 1 atom stereocenters. The lowest BCUT2D eigenvalue weighted by Gasteiger charge is -2.18. The van der Waals surface area contributed by atoms with Gasteiger partial charge in [0, 0.05) is 18.3 Å². The average Bonchev–Trinajstić information content (AvgIpc) is 2.60. The van der Waals surface area contributed by atoms with Gasteiger partial charge in [-0.1, -0.05) is 49.7 Å². The van der Waals surface area contributed by atoms with Gasteiger partial charge in [-0.2, -0.15) is 0 Å². The van der Waals surface area contributed by atoms with Gasteiger partial charge in [-0.3, -0.25) is 0 Å². The Morgan fingerprint density at radius 1 is 1.08 bits per heavy atom. The van der Waals surface area contributed by atoms with Crippen LogP contribution in [-0.2, 0) is 6.42 Å². The first-order valence-corrected chi connectivity index (χ1v) is 8.93. The Morgan fingerprint density at radius 2 is 1.88 bits per heavy atom. The van der Waals surface area contributed by atoms with Crippen molar-refractivity contribution in [3.63, 3.8) is 0 Å². The van der Waals surface area contributed by atoms with Crippen molar-refractivity contribution in [2.45, 2.75) is 26.7 Å². The number of rotatable bonds is 8. The second-order valence-electron chi connectivity index (χ2n) is 5.76. The van der Waals surface area contributed by atoms with E-state index in [-0.39, 0.29) is 0 Å². The summed E-state index contributed by atoms with van der Waals surface area (Å²) in [4.78, 5) is 0. The van der Waals surface area contributed by atoms with Gasteiger partial charge >= 0.3 is 0 Å². The quantitative estimate of drug-likeness (QED) is 0.685. The molecule has 2 N–H and O–H groups in total. The van der Waals surface area contributed by atoms with E-state index in [1.165, 1.54) is 5.56 Å². The molecule has 2 rings (SSSR count). The molecule has 0 fully saturated rings. The van der Waals surface area contributed by atoms with Crippen LogP contribution in [0.3, 0.4) is 0 Å². The Bertz CT molecular complexity index is 631. The second kappa shape index (κ2) is 9.93. The number of benzene rings is 2. The summed E-state index contributed by atoms with van der Waals surface area (Å²) in [6.45, 7) is 5.72. The summed E-state index contributed by atoms with van der Waals surface area (Å²) < 4.78 is 5.51. The zero-order valence-electron chi connectivity index (χ0n) is 14.4. The standard InChI is InChI=1S/C20H26N2OS/c1-3-16(13-17-9-6-5-7-10-17)15-21-20(24)22-18-11-8-12-19(14-18)23-4-2/h5-12,14,16H,3-4,13,15H2,1-2H3,(H2,21,22,24)/t16-/m0/s1. The number of nitrogens with one attached hydrogen (secondary N) is 2. The summed E-state index contributed by atoms with van der Waals surface area (Å²) in [5, 5.41) is 7.21. The third-order valence-electron chi connectivity index (χ3n) is 3.90. The van der Waals surface area contributed by atoms with Crippen LogP contribution in [0.15, 0.2) is 54.6 Å². The summed E-state index contributed by atoms with van der Waals surface area (Å²) in [6, 6.07) is 18.4. The predicted molar refractivity (Wildman–Crippen MR) is 106 cm³/mol. The van der Waals surface area contributed by atoms with Gasteiger partial charge < -0.3 is 15.4 Å². The van der Waals surface area contributed by atoms with E-state index in [0.29, 0.717) is 17.6 Å². The fraction of sp³-hybridized carbons (Fsp3) is 0.350. The number of hydrogen-bond acceptors (Lipinski definition) is 2. The molecular weight excluding hydrogens is 316 g/mol. The van der Waals surface area contributed by atoms with Crippen molar-refractivity contribution in [3.8, 4) is 5.75 Å². The van der Waals surface area contributed by atoms with Crippen molar-refractivity contribution in [1.82, 2.24) is 5.32 Å². The number of anilines is 1. The Kier molecular flexibility index (Phi) is 7.56. The molecular formula is C20H26N2OS. The van der Waals surface area contributed by atoms with E-state index in [4.69, 9.17) is 17.0 Å². The molecule has 0 heterocycles. The molecule has 24 heavy (non-hydrogen) atoms. The lowest BCUT2D eigenvalue weighted by Crippen LogP contribution is -2.33. The van der Waals surface area contributed by atoms with E-state index in [1.807, 2.05) is 31.2 Å². The van der Waals surface area contributed by atoms with Crippen LogP contribution in [0.25, 0.3) is 0 Å². The predicted octanol–water partition coefficient (Wildman–Crippen LogP) is 4.64. The van der Waals surface area contributed by atoms with Gasteiger partial charge in [0.25, 0.3) is 0 Å². The van der Waals surface area contributed by atoms with Crippen molar-refractivity contribution in [2.24, 2.45) is 5.92 Å². The molecule has 0 aliphatic rings. The van der Waals surface area contributed by atoms with Crippen molar-refractivity contribution in [2.75, 3.05) is 18.5 Å². The van der Waals surface area contributed by atoms with E-state index in [9.17, 15) is 0 Å². The molecule has 0 unspecified atom stereocenters. The minimum atomic E-state index is 0.557. The highest BCUT2D eigenvalue weighted by Crippen LogP contribution is 2.17. The molecule has 2 aromatic rings. The van der Waals surface area contributed by atoms with E-state index in [1.54, 1.807) is 0 Å². The van der Waals surface area contributed by atoms with E-state index >= 15 is 0 Å². The second-order valence-corrected chi connectivity index (χ2v) is 6.17. The highest BCUT2D eigenvalue weighted by atomic mass is 32.1. The Morgan fingerprint density at radius 3 is 2.58 bits per heavy atom. The maximum Gasteiger partial charge on any atom is 0.170 e. The van der Waals surface area contributed by atoms with Gasteiger partial charge in [0.05, 0.1) is 6.61 Å². The maximum absolute atomic E-state index is 5.51. The van der Waals surface area contributed by atoms with Crippen LogP contribution in [0.2, 0.25) is 0 Å². The molecule has 0 aliphatic carbocycles. The van der Waals surface area contributed by atoms with Gasteiger partial charge in [-0.05, 0) is 49.2 Å². The first-order valence-electron chi connectivity index (χ1n) is 8.53. The molecule has 0 bridgehead atoms. The van der Waals surface area contributed by atoms with Gasteiger partial charge in [-0.15, -0.1) is 0 Å². The molecule has 0 radical (unpaired) electrons. The smallest absolute Gasteiger partial charge is 0.170 e. The molecule has 128 valence electrons. The molecule has 0 aliphatic heterocycles. The molecule has 0 saturated heterocycles. The van der Waals surface area contributed by atoms with Crippen LogP contribution in [0.4, 0.5) is 5.69 Å². The normalized spacial score (nSPS) is 11.6. The molecule has 0 amide bonds. The average molecular weight is 343 g/mol. The summed E-state index contributed by atoms with van der Waals surface area (Å²) >= 11 is 5.41. The molecule has 3 nitrogen and oxygen atoms in total. The molecule has 0 saturated carbocycles. The number of hydrogen-bond donors (Lipinski definition) is 2. The molecule has 2 aromatic carbocycles. The topological polar surface area (TPSA) is 33.3 Å². The Hall–Kier alpha value is -2.07. The van der Waals surface area contributed by atoms with E-state index in [2.05, 4.69) is 47.9 Å². The van der Waals surface area contributed by atoms with Crippen LogP contribution in [0.1, 0.15) is 25.8 Å². The van der Waals surface area contributed by atoms with Crippen LogP contribution in [-0.4, -0.2) is 18.3 Å². The van der Waals surface area contributed by atoms with Gasteiger partial charge in [0.2, 0.25) is 0 Å². The first kappa shape index (κ1) is 18.3. The SMILES string of the molecule is CCOc1cccc(NC(=S)NC[C@@H](CC)Cc2ccccc2)c1. The molecule has 0 spiro atoms. The minimum Gasteiger partial charge on any atom is -0.494 e. The van der Waals surface area contributed by atoms with Crippen molar-refractivity contribution in [3.05, 3.63) is 60.2 Å². The van der Waals surface area contributed by atoms with Crippen LogP contribution in [0, 0.1) is 5.92 Å². The summed E-state index contributed by atoms with van der Waals surface area (Å²) in [6.07, 6.45) is 2.18. The fourth-order valence-electron chi connectivity index (χ4n) is 2.55. The highest BCUT2D eigenvalue weighted by Gasteiger charge is 2.08. The molecule has 0 aromatic heterocycles. The summed E-state index contributed by atoms with van der Waals surface area (Å²) in [5.41, 5.74) is 2.31. The number of ether oxygens (including phenoxy) is 1. The summed E-state index contributed by atoms with van der Waals surface area (Å²) in [5.74, 6) is 1.41. The van der Waals surface area contributed by atoms with Crippen LogP contribution < -0.4 is 15.4 Å². The van der Waals surface area contributed by atoms with E-state index in [0.717, 1.165) is 30.8 Å². The largest absolute Gasteiger partial charge is 0.494 e. The van der Waals surface area contributed by atoms with Crippen LogP contribution >= 0.6 is 12.2 Å². The van der Waals surface area contributed by atoms with Crippen molar-refractivity contribution >= 4 is 23.0 Å².